The number of amides is 1. The number of fused-ring (bicyclic) bond motifs is 1. The van der Waals surface area contributed by atoms with Crippen molar-refractivity contribution >= 4 is 17.1 Å². The molecule has 0 spiro atoms. The zero-order chi connectivity index (χ0) is 13.9. The highest BCUT2D eigenvalue weighted by atomic mass is 16.2. The third kappa shape index (κ3) is 2.25. The van der Waals surface area contributed by atoms with Gasteiger partial charge in [0, 0.05) is 0 Å². The first-order valence-electron chi connectivity index (χ1n) is 6.42. The topological polar surface area (TPSA) is 59.8 Å². The number of carbonyl (C=O) groups is 1. The summed E-state index contributed by atoms with van der Waals surface area (Å²) in [4.78, 5) is 12.3. The lowest BCUT2D eigenvalue weighted by molar-refractivity contribution is 0.237. The molecule has 5 heteroatoms. The maximum atomic E-state index is 12.3. The van der Waals surface area contributed by atoms with Gasteiger partial charge in [-0.1, -0.05) is 47.7 Å². The van der Waals surface area contributed by atoms with E-state index in [1.165, 1.54) is 4.68 Å². The molecule has 100 valence electrons. The normalized spacial score (nSPS) is 12.2. The Hall–Kier alpha value is -2.69. The fourth-order valence-electron chi connectivity index (χ4n) is 2.09. The fourth-order valence-corrected chi connectivity index (χ4v) is 2.09. The van der Waals surface area contributed by atoms with Gasteiger partial charge in [0.1, 0.15) is 5.52 Å². The van der Waals surface area contributed by atoms with Crippen LogP contribution in [0.2, 0.25) is 0 Å². The zero-order valence-corrected chi connectivity index (χ0v) is 11.0. The van der Waals surface area contributed by atoms with Crippen LogP contribution >= 0.6 is 0 Å². The summed E-state index contributed by atoms with van der Waals surface area (Å²) >= 11 is 0. The minimum Gasteiger partial charge on any atom is -0.330 e. The first kappa shape index (κ1) is 12.3. The zero-order valence-electron chi connectivity index (χ0n) is 11.0. The summed E-state index contributed by atoms with van der Waals surface area (Å²) in [6, 6.07) is 16.8. The van der Waals surface area contributed by atoms with Crippen LogP contribution in [-0.2, 0) is 0 Å². The maximum Gasteiger partial charge on any atom is 0.344 e. The summed E-state index contributed by atoms with van der Waals surface area (Å²) in [6.45, 7) is 1.94. The van der Waals surface area contributed by atoms with Crippen molar-refractivity contribution in [2.24, 2.45) is 0 Å². The molecule has 1 amide bonds. The highest BCUT2D eigenvalue weighted by molar-refractivity contribution is 5.87. The minimum absolute atomic E-state index is 0.0911. The first-order chi connectivity index (χ1) is 9.75. The molecular weight excluding hydrogens is 252 g/mol. The second-order valence-electron chi connectivity index (χ2n) is 4.57. The Balaban J connectivity index is 1.83. The highest BCUT2D eigenvalue weighted by Gasteiger charge is 2.14. The Labute approximate surface area is 116 Å². The van der Waals surface area contributed by atoms with Gasteiger partial charge in [-0.05, 0) is 24.6 Å². The summed E-state index contributed by atoms with van der Waals surface area (Å²) in [6.07, 6.45) is 0. The van der Waals surface area contributed by atoms with Gasteiger partial charge in [-0.25, -0.2) is 4.79 Å². The van der Waals surface area contributed by atoms with Crippen LogP contribution in [0.15, 0.2) is 54.6 Å². The lowest BCUT2D eigenvalue weighted by Crippen LogP contribution is -2.31. The molecule has 0 saturated carbocycles. The van der Waals surface area contributed by atoms with Crippen molar-refractivity contribution < 1.29 is 4.79 Å². The van der Waals surface area contributed by atoms with Crippen LogP contribution < -0.4 is 5.32 Å². The molecule has 0 aliphatic carbocycles. The number of nitrogens with one attached hydrogen (secondary N) is 1. The molecule has 0 aliphatic heterocycles. The quantitative estimate of drug-likeness (QED) is 0.775. The Morgan fingerprint density at radius 1 is 1.10 bits per heavy atom. The number of hydrogen-bond donors (Lipinski definition) is 1. The molecule has 1 aromatic heterocycles. The lowest BCUT2D eigenvalue weighted by Gasteiger charge is -2.13. The molecule has 5 nitrogen and oxygen atoms in total. The standard InChI is InChI=1S/C15H14N4O/c1-11(12-7-3-2-4-8-12)16-15(20)19-14-10-6-5-9-13(14)17-18-19/h2-11H,1H3,(H,16,20)/t11-/m0/s1. The van der Waals surface area contributed by atoms with Gasteiger partial charge in [0.05, 0.1) is 11.6 Å². The molecule has 0 aliphatic rings. The van der Waals surface area contributed by atoms with Crippen LogP contribution in [-0.4, -0.2) is 21.0 Å². The molecule has 1 atom stereocenters. The predicted octanol–water partition coefficient (Wildman–Crippen LogP) is 2.75. The van der Waals surface area contributed by atoms with Gasteiger partial charge in [0.2, 0.25) is 0 Å². The summed E-state index contributed by atoms with van der Waals surface area (Å²) in [7, 11) is 0. The Kier molecular flexibility index (Phi) is 3.16. The van der Waals surface area contributed by atoms with Gasteiger partial charge in [0.25, 0.3) is 0 Å². The van der Waals surface area contributed by atoms with Gasteiger partial charge >= 0.3 is 6.03 Å². The lowest BCUT2D eigenvalue weighted by atomic mass is 10.1. The number of para-hydroxylation sites is 1. The smallest absolute Gasteiger partial charge is 0.330 e. The van der Waals surface area contributed by atoms with E-state index in [1.54, 1.807) is 0 Å². The number of benzene rings is 2. The number of hydrogen-bond acceptors (Lipinski definition) is 3. The van der Waals surface area contributed by atoms with Crippen LogP contribution in [0.3, 0.4) is 0 Å². The van der Waals surface area contributed by atoms with E-state index in [4.69, 9.17) is 0 Å². The number of rotatable bonds is 2. The van der Waals surface area contributed by atoms with Gasteiger partial charge < -0.3 is 5.32 Å². The molecule has 1 heterocycles. The molecule has 0 unspecified atom stereocenters. The van der Waals surface area contributed by atoms with E-state index in [9.17, 15) is 4.79 Å². The van der Waals surface area contributed by atoms with Gasteiger partial charge in [-0.15, -0.1) is 5.10 Å². The summed E-state index contributed by atoms with van der Waals surface area (Å²) in [5.74, 6) is 0. The summed E-state index contributed by atoms with van der Waals surface area (Å²) in [5, 5.41) is 10.8. The van der Waals surface area contributed by atoms with Crippen LogP contribution in [0.25, 0.3) is 11.0 Å². The van der Waals surface area contributed by atoms with Crippen LogP contribution in [0, 0.1) is 0 Å². The van der Waals surface area contributed by atoms with Crippen LogP contribution in [0.5, 0.6) is 0 Å². The van der Waals surface area contributed by atoms with Crippen molar-refractivity contribution in [3.05, 3.63) is 60.2 Å². The second kappa shape index (κ2) is 5.13. The fraction of sp³-hybridized carbons (Fsp3) is 0.133. The van der Waals surface area contributed by atoms with Gasteiger partial charge in [-0.2, -0.15) is 4.68 Å². The number of carbonyl (C=O) groups excluding carboxylic acids is 1. The molecule has 2 aromatic carbocycles. The summed E-state index contributed by atoms with van der Waals surface area (Å²) in [5.41, 5.74) is 2.45. The van der Waals surface area contributed by atoms with E-state index in [2.05, 4.69) is 15.6 Å². The van der Waals surface area contributed by atoms with Crippen molar-refractivity contribution in [3.63, 3.8) is 0 Å². The van der Waals surface area contributed by atoms with E-state index in [-0.39, 0.29) is 12.1 Å². The minimum atomic E-state index is -0.282. The van der Waals surface area contributed by atoms with Crippen molar-refractivity contribution in [2.45, 2.75) is 13.0 Å². The highest BCUT2D eigenvalue weighted by Crippen LogP contribution is 2.13. The molecule has 3 aromatic rings. The van der Waals surface area contributed by atoms with E-state index in [0.717, 1.165) is 5.56 Å². The number of aromatic nitrogens is 3. The van der Waals surface area contributed by atoms with E-state index >= 15 is 0 Å². The monoisotopic (exact) mass is 266 g/mol. The van der Waals surface area contributed by atoms with Gasteiger partial charge in [-0.3, -0.25) is 0 Å². The van der Waals surface area contributed by atoms with E-state index < -0.39 is 0 Å². The van der Waals surface area contributed by atoms with Gasteiger partial charge in [0.15, 0.2) is 0 Å². The van der Waals surface area contributed by atoms with Crippen molar-refractivity contribution in [3.8, 4) is 0 Å². The van der Waals surface area contributed by atoms with Crippen molar-refractivity contribution in [1.82, 2.24) is 20.3 Å². The molecule has 3 rings (SSSR count). The third-order valence-corrected chi connectivity index (χ3v) is 3.18. The predicted molar refractivity (Wildman–Crippen MR) is 76.3 cm³/mol. The molecule has 0 saturated heterocycles. The summed E-state index contributed by atoms with van der Waals surface area (Å²) < 4.78 is 1.29. The largest absolute Gasteiger partial charge is 0.344 e. The third-order valence-electron chi connectivity index (χ3n) is 3.18. The Morgan fingerprint density at radius 3 is 2.60 bits per heavy atom. The molecule has 0 bridgehead atoms. The van der Waals surface area contributed by atoms with Crippen LogP contribution in [0.1, 0.15) is 18.5 Å². The van der Waals surface area contributed by atoms with E-state index in [0.29, 0.717) is 11.0 Å². The first-order valence-corrected chi connectivity index (χ1v) is 6.42. The molecular formula is C15H14N4O. The Bertz CT molecular complexity index is 736. The Morgan fingerprint density at radius 2 is 1.80 bits per heavy atom. The van der Waals surface area contributed by atoms with Crippen LogP contribution in [0.4, 0.5) is 4.79 Å². The number of nitrogens with zero attached hydrogens (tertiary/aromatic N) is 3. The maximum absolute atomic E-state index is 12.3. The molecule has 1 N–H and O–H groups in total. The molecule has 20 heavy (non-hydrogen) atoms. The van der Waals surface area contributed by atoms with E-state index in [1.807, 2.05) is 61.5 Å². The van der Waals surface area contributed by atoms with Crippen molar-refractivity contribution in [1.29, 1.82) is 0 Å². The average molecular weight is 266 g/mol. The second-order valence-corrected chi connectivity index (χ2v) is 4.57. The molecule has 0 fully saturated rings. The SMILES string of the molecule is C[C@H](NC(=O)n1nnc2ccccc21)c1ccccc1. The molecule has 0 radical (unpaired) electrons. The van der Waals surface area contributed by atoms with Crippen molar-refractivity contribution in [2.75, 3.05) is 0 Å². The average Bonchev–Trinajstić information content (AvgIpc) is 2.92.